The smallest absolute Gasteiger partial charge is 0.0204 e. The van der Waals surface area contributed by atoms with Gasteiger partial charge in [0, 0.05) is 0 Å². The third kappa shape index (κ3) is 0.955. The van der Waals surface area contributed by atoms with Gasteiger partial charge in [0.1, 0.15) is 0 Å². The van der Waals surface area contributed by atoms with E-state index < -0.39 is 0 Å². The molecule has 0 heterocycles. The van der Waals surface area contributed by atoms with E-state index in [0.717, 1.165) is 35.0 Å². The van der Waals surface area contributed by atoms with Gasteiger partial charge in [-0.15, -0.1) is 0 Å². The lowest BCUT2D eigenvalue weighted by molar-refractivity contribution is 0.00435. The van der Waals surface area contributed by atoms with Crippen molar-refractivity contribution in [2.45, 2.75) is 53.9 Å². The van der Waals surface area contributed by atoms with Crippen LogP contribution in [0.1, 0.15) is 53.9 Å². The first kappa shape index (κ1) is 10.5. The average Bonchev–Trinajstić information content (AvgIpc) is 2.66. The van der Waals surface area contributed by atoms with E-state index >= 15 is 0 Å². The van der Waals surface area contributed by atoms with Gasteiger partial charge >= 0.3 is 0 Å². The van der Waals surface area contributed by atoms with Crippen LogP contribution in [0.25, 0.3) is 0 Å². The third-order valence-electron chi connectivity index (χ3n) is 5.78. The van der Waals surface area contributed by atoms with E-state index in [1.54, 1.807) is 0 Å². The number of rotatable bonds is 4. The summed E-state index contributed by atoms with van der Waals surface area (Å²) in [5, 5.41) is 0. The molecule has 0 bridgehead atoms. The highest BCUT2D eigenvalue weighted by atomic mass is 14.8. The molecule has 0 aliphatic heterocycles. The van der Waals surface area contributed by atoms with Crippen LogP contribution in [0.3, 0.4) is 0 Å². The predicted octanol–water partition coefficient (Wildman–Crippen LogP) is 4.35. The summed E-state index contributed by atoms with van der Waals surface area (Å²) in [5.41, 5.74) is 0.802. The molecule has 14 heavy (non-hydrogen) atoms. The molecule has 0 aromatic rings. The summed E-state index contributed by atoms with van der Waals surface area (Å²) >= 11 is 0. The normalized spacial score (nSPS) is 52.1. The van der Waals surface area contributed by atoms with Crippen molar-refractivity contribution < 1.29 is 0 Å². The first-order chi connectivity index (χ1) is 6.65. The number of hydrogen-bond donors (Lipinski definition) is 0. The van der Waals surface area contributed by atoms with Gasteiger partial charge in [-0.2, -0.15) is 0 Å². The second kappa shape index (κ2) is 3.25. The highest BCUT2D eigenvalue weighted by Crippen LogP contribution is 2.81. The first-order valence-electron chi connectivity index (χ1n) is 6.65. The summed E-state index contributed by atoms with van der Waals surface area (Å²) in [6.07, 6.45) is 4.23. The lowest BCUT2D eigenvalue weighted by atomic mass is 9.57. The number of fused-ring (bicyclic) bond motifs is 1. The van der Waals surface area contributed by atoms with Crippen LogP contribution in [-0.4, -0.2) is 0 Å². The van der Waals surface area contributed by atoms with Crippen molar-refractivity contribution in [2.24, 2.45) is 35.0 Å². The Morgan fingerprint density at radius 1 is 1.21 bits per heavy atom. The fourth-order valence-electron chi connectivity index (χ4n) is 5.00. The molecule has 2 fully saturated rings. The van der Waals surface area contributed by atoms with Gasteiger partial charge in [-0.25, -0.2) is 0 Å². The molecule has 0 heteroatoms. The monoisotopic (exact) mass is 194 g/mol. The van der Waals surface area contributed by atoms with Crippen molar-refractivity contribution >= 4 is 0 Å². The zero-order valence-electron chi connectivity index (χ0n) is 10.5. The van der Waals surface area contributed by atoms with Crippen LogP contribution in [-0.2, 0) is 0 Å². The lowest BCUT2D eigenvalue weighted by Gasteiger charge is -2.47. The molecule has 2 saturated carbocycles. The summed E-state index contributed by atoms with van der Waals surface area (Å²) < 4.78 is 0. The topological polar surface area (TPSA) is 0 Å². The van der Waals surface area contributed by atoms with Crippen molar-refractivity contribution in [1.82, 2.24) is 0 Å². The van der Waals surface area contributed by atoms with Gasteiger partial charge in [0.25, 0.3) is 0 Å². The van der Waals surface area contributed by atoms with Crippen LogP contribution < -0.4 is 0 Å². The van der Waals surface area contributed by atoms with Gasteiger partial charge in [-0.1, -0.05) is 47.5 Å². The Morgan fingerprint density at radius 3 is 2.29 bits per heavy atom. The summed E-state index contributed by atoms with van der Waals surface area (Å²) in [5.74, 6) is 5.23. The van der Waals surface area contributed by atoms with Crippen molar-refractivity contribution in [3.8, 4) is 0 Å². The minimum atomic E-state index is 0.802. The maximum atomic E-state index is 2.50. The second-order valence-electron chi connectivity index (χ2n) is 5.76. The molecule has 0 amide bonds. The zero-order valence-corrected chi connectivity index (χ0v) is 10.5. The SMILES string of the molecule is CCC(C)C1C(CC)C2C(C)C12CC. The predicted molar refractivity (Wildman–Crippen MR) is 62.1 cm³/mol. The van der Waals surface area contributed by atoms with Crippen LogP contribution >= 0.6 is 0 Å². The average molecular weight is 194 g/mol. The Labute approximate surface area is 89.5 Å². The molecular formula is C14H26. The van der Waals surface area contributed by atoms with E-state index in [-0.39, 0.29) is 0 Å². The molecule has 6 atom stereocenters. The standard InChI is InChI=1S/C14H26/c1-6-9(4)12-11(7-2)13-10(5)14(12,13)8-3/h9-13H,6-8H2,1-5H3. The molecule has 0 aromatic carbocycles. The molecule has 0 spiro atoms. The van der Waals surface area contributed by atoms with Gasteiger partial charge in [0.2, 0.25) is 0 Å². The Bertz CT molecular complexity index is 220. The fourth-order valence-corrected chi connectivity index (χ4v) is 5.00. The Morgan fingerprint density at radius 2 is 1.86 bits per heavy atom. The van der Waals surface area contributed by atoms with Gasteiger partial charge in [-0.05, 0) is 41.4 Å². The van der Waals surface area contributed by atoms with Gasteiger partial charge in [0.15, 0.2) is 0 Å². The highest BCUT2D eigenvalue weighted by molar-refractivity contribution is 5.24. The molecule has 2 aliphatic carbocycles. The van der Waals surface area contributed by atoms with Crippen LogP contribution in [0.15, 0.2) is 0 Å². The van der Waals surface area contributed by atoms with Gasteiger partial charge in [0.05, 0.1) is 0 Å². The van der Waals surface area contributed by atoms with Crippen LogP contribution in [0.4, 0.5) is 0 Å². The van der Waals surface area contributed by atoms with Gasteiger partial charge in [-0.3, -0.25) is 0 Å². The molecule has 0 aromatic heterocycles. The Kier molecular flexibility index (Phi) is 2.44. The van der Waals surface area contributed by atoms with Crippen LogP contribution in [0.2, 0.25) is 0 Å². The van der Waals surface area contributed by atoms with Gasteiger partial charge < -0.3 is 0 Å². The molecule has 0 N–H and O–H groups in total. The van der Waals surface area contributed by atoms with E-state index in [9.17, 15) is 0 Å². The van der Waals surface area contributed by atoms with E-state index in [0.29, 0.717) is 0 Å². The summed E-state index contributed by atoms with van der Waals surface area (Å²) in [7, 11) is 0. The largest absolute Gasteiger partial charge is 0.0651 e. The molecule has 82 valence electrons. The Balaban J connectivity index is 2.14. The minimum Gasteiger partial charge on any atom is -0.0651 e. The molecule has 6 unspecified atom stereocenters. The molecule has 2 rings (SSSR count). The van der Waals surface area contributed by atoms with Crippen molar-refractivity contribution in [3.05, 3.63) is 0 Å². The summed E-state index contributed by atoms with van der Waals surface area (Å²) in [6, 6.07) is 0. The fraction of sp³-hybridized carbons (Fsp3) is 1.00. The van der Waals surface area contributed by atoms with Crippen molar-refractivity contribution in [1.29, 1.82) is 0 Å². The summed E-state index contributed by atoms with van der Waals surface area (Å²) in [6.45, 7) is 12.1. The maximum Gasteiger partial charge on any atom is -0.0204 e. The van der Waals surface area contributed by atoms with Crippen LogP contribution in [0, 0.1) is 35.0 Å². The number of hydrogen-bond acceptors (Lipinski definition) is 0. The van der Waals surface area contributed by atoms with Crippen LogP contribution in [0.5, 0.6) is 0 Å². The van der Waals surface area contributed by atoms with Crippen molar-refractivity contribution in [3.63, 3.8) is 0 Å². The molecular weight excluding hydrogens is 168 g/mol. The quantitative estimate of drug-likeness (QED) is 0.624. The minimum absolute atomic E-state index is 0.802. The van der Waals surface area contributed by atoms with E-state index in [1.165, 1.54) is 19.3 Å². The molecule has 0 saturated heterocycles. The van der Waals surface area contributed by atoms with E-state index in [2.05, 4.69) is 34.6 Å². The zero-order chi connectivity index (χ0) is 10.5. The maximum absolute atomic E-state index is 2.50. The second-order valence-corrected chi connectivity index (χ2v) is 5.76. The molecule has 0 nitrogen and oxygen atoms in total. The molecule has 2 aliphatic rings. The molecule has 0 radical (unpaired) electrons. The Hall–Kier alpha value is 0. The van der Waals surface area contributed by atoms with E-state index in [4.69, 9.17) is 0 Å². The van der Waals surface area contributed by atoms with Crippen molar-refractivity contribution in [2.75, 3.05) is 0 Å². The van der Waals surface area contributed by atoms with E-state index in [1.807, 2.05) is 0 Å². The highest BCUT2D eigenvalue weighted by Gasteiger charge is 2.76. The first-order valence-corrected chi connectivity index (χ1v) is 6.65. The lowest BCUT2D eigenvalue weighted by Crippen LogP contribution is -2.42. The summed E-state index contributed by atoms with van der Waals surface area (Å²) in [4.78, 5) is 0. The third-order valence-corrected chi connectivity index (χ3v) is 5.78.